The maximum absolute atomic E-state index is 13.3. The van der Waals surface area contributed by atoms with Gasteiger partial charge in [-0.05, 0) is 65.7 Å². The number of carboxylic acid groups (broad SMARTS) is 1. The Morgan fingerprint density at radius 2 is 1.39 bits per heavy atom. The number of amides is 2. The predicted molar refractivity (Wildman–Crippen MR) is 156 cm³/mol. The van der Waals surface area contributed by atoms with E-state index in [0.29, 0.717) is 17.1 Å². The van der Waals surface area contributed by atoms with Crippen LogP contribution in [0.5, 0.6) is 11.5 Å². The molecular weight excluding hydrogens is 577 g/mol. The summed E-state index contributed by atoms with van der Waals surface area (Å²) in [4.78, 5) is 38.1. The maximum atomic E-state index is 13.3. The van der Waals surface area contributed by atoms with Crippen LogP contribution in [0, 0.1) is 0 Å². The van der Waals surface area contributed by atoms with E-state index in [0.717, 1.165) is 29.8 Å². The van der Waals surface area contributed by atoms with Gasteiger partial charge in [0.1, 0.15) is 17.2 Å². The zero-order valence-electron chi connectivity index (χ0n) is 23.1. The number of benzene rings is 4. The van der Waals surface area contributed by atoms with Crippen LogP contribution in [-0.4, -0.2) is 35.5 Å². The summed E-state index contributed by atoms with van der Waals surface area (Å²) in [6, 6.07) is 26.4. The van der Waals surface area contributed by atoms with E-state index in [2.05, 4.69) is 10.6 Å². The fourth-order valence-corrected chi connectivity index (χ4v) is 3.87. The number of carboxylic acids is 1. The van der Waals surface area contributed by atoms with Crippen molar-refractivity contribution in [3.05, 3.63) is 137 Å². The third-order valence-electron chi connectivity index (χ3n) is 6.14. The van der Waals surface area contributed by atoms with Crippen LogP contribution in [0.2, 0.25) is 0 Å². The van der Waals surface area contributed by atoms with Crippen molar-refractivity contribution in [2.75, 3.05) is 6.61 Å². The molecule has 0 radical (unpaired) electrons. The Morgan fingerprint density at radius 1 is 0.795 bits per heavy atom. The molecule has 0 aromatic heterocycles. The predicted octanol–water partition coefficient (Wildman–Crippen LogP) is 6.05. The van der Waals surface area contributed by atoms with E-state index in [1.807, 2.05) is 24.3 Å². The molecule has 0 spiro atoms. The average Bonchev–Trinajstić information content (AvgIpc) is 3.01. The van der Waals surface area contributed by atoms with Crippen LogP contribution in [-0.2, 0) is 27.1 Å². The van der Waals surface area contributed by atoms with Crippen LogP contribution in [0.15, 0.2) is 115 Å². The van der Waals surface area contributed by atoms with Crippen molar-refractivity contribution >= 4 is 23.9 Å². The smallest absolute Gasteiger partial charge is 0.416 e. The highest BCUT2D eigenvalue weighted by Gasteiger charge is 2.30. The van der Waals surface area contributed by atoms with Crippen molar-refractivity contribution in [3.8, 4) is 11.5 Å². The van der Waals surface area contributed by atoms with Crippen LogP contribution < -0.4 is 15.4 Å². The van der Waals surface area contributed by atoms with E-state index in [1.54, 1.807) is 60.7 Å². The van der Waals surface area contributed by atoms with Gasteiger partial charge in [-0.15, -0.1) is 0 Å². The molecule has 0 bridgehead atoms. The van der Waals surface area contributed by atoms with Gasteiger partial charge < -0.3 is 25.2 Å². The van der Waals surface area contributed by atoms with E-state index >= 15 is 0 Å². The molecule has 11 heteroatoms. The Hall–Kier alpha value is -5.42. The maximum Gasteiger partial charge on any atom is 0.416 e. The van der Waals surface area contributed by atoms with Gasteiger partial charge >= 0.3 is 12.1 Å². The third-order valence-corrected chi connectivity index (χ3v) is 6.14. The van der Waals surface area contributed by atoms with Crippen LogP contribution in [0.25, 0.3) is 6.08 Å². The topological polar surface area (TPSA) is 114 Å². The molecule has 2 amide bonds. The van der Waals surface area contributed by atoms with Gasteiger partial charge in [0.05, 0.1) is 18.8 Å². The first kappa shape index (κ1) is 31.5. The van der Waals surface area contributed by atoms with Crippen molar-refractivity contribution in [1.29, 1.82) is 0 Å². The van der Waals surface area contributed by atoms with E-state index in [4.69, 9.17) is 9.47 Å². The minimum absolute atomic E-state index is 0.102. The lowest BCUT2D eigenvalue weighted by molar-refractivity contribution is -0.143. The second-order valence-corrected chi connectivity index (χ2v) is 9.44. The molecule has 4 rings (SSSR count). The number of carbonyl (C=O) groups excluding carboxylic acids is 2. The number of nitrogens with one attached hydrogen (secondary N) is 2. The highest BCUT2D eigenvalue weighted by Crippen LogP contribution is 2.29. The quantitative estimate of drug-likeness (QED) is 0.170. The minimum atomic E-state index is -4.59. The zero-order valence-corrected chi connectivity index (χ0v) is 23.1. The number of para-hydroxylation sites is 1. The first-order valence-electron chi connectivity index (χ1n) is 13.3. The molecule has 4 aromatic rings. The van der Waals surface area contributed by atoms with E-state index in [1.165, 1.54) is 6.08 Å². The van der Waals surface area contributed by atoms with Crippen molar-refractivity contribution in [3.63, 3.8) is 0 Å². The summed E-state index contributed by atoms with van der Waals surface area (Å²) < 4.78 is 50.2. The summed E-state index contributed by atoms with van der Waals surface area (Å²) in [6.07, 6.45) is -3.29. The summed E-state index contributed by atoms with van der Waals surface area (Å²) in [6.45, 7) is -0.271. The summed E-state index contributed by atoms with van der Waals surface area (Å²) >= 11 is 0. The van der Waals surface area contributed by atoms with Crippen molar-refractivity contribution < 1.29 is 42.1 Å². The number of halogens is 3. The summed E-state index contributed by atoms with van der Waals surface area (Å²) in [7, 11) is 0. The molecule has 0 fully saturated rings. The van der Waals surface area contributed by atoms with Gasteiger partial charge in [-0.25, -0.2) is 4.79 Å². The zero-order chi connectivity index (χ0) is 31.5. The van der Waals surface area contributed by atoms with Gasteiger partial charge in [0, 0.05) is 5.56 Å². The van der Waals surface area contributed by atoms with Crippen molar-refractivity contribution in [2.45, 2.75) is 18.8 Å². The third kappa shape index (κ3) is 9.30. The van der Waals surface area contributed by atoms with E-state index in [-0.39, 0.29) is 24.5 Å². The molecule has 4 aromatic carbocycles. The highest BCUT2D eigenvalue weighted by molar-refractivity contribution is 6.06. The first-order chi connectivity index (χ1) is 21.1. The molecule has 0 heterocycles. The fourth-order valence-electron chi connectivity index (χ4n) is 3.87. The molecule has 0 saturated heterocycles. The Labute approximate surface area is 250 Å². The molecule has 0 aliphatic heterocycles. The summed E-state index contributed by atoms with van der Waals surface area (Å²) in [5.41, 5.74) is -0.201. The van der Waals surface area contributed by atoms with Crippen molar-refractivity contribution in [1.82, 2.24) is 10.6 Å². The number of hydrogen-bond acceptors (Lipinski definition) is 5. The molecule has 226 valence electrons. The molecule has 1 atom stereocenters. The fraction of sp³-hybridized carbons (Fsp3) is 0.121. The molecule has 0 saturated carbocycles. The second kappa shape index (κ2) is 14.7. The molecular formula is C33H27F3N2O6. The second-order valence-electron chi connectivity index (χ2n) is 9.44. The van der Waals surface area contributed by atoms with Gasteiger partial charge in [-0.3, -0.25) is 9.59 Å². The lowest BCUT2D eigenvalue weighted by Gasteiger charge is -2.17. The Kier molecular flexibility index (Phi) is 10.5. The number of aliphatic carboxylic acids is 1. The van der Waals surface area contributed by atoms with Gasteiger partial charge in [0.25, 0.3) is 11.8 Å². The lowest BCUT2D eigenvalue weighted by atomic mass is 10.1. The lowest BCUT2D eigenvalue weighted by Crippen LogP contribution is -2.46. The van der Waals surface area contributed by atoms with Gasteiger partial charge in [-0.1, -0.05) is 60.7 Å². The number of hydrogen-bond donors (Lipinski definition) is 3. The molecule has 8 nitrogen and oxygen atoms in total. The van der Waals surface area contributed by atoms with Crippen LogP contribution in [0.1, 0.15) is 27.0 Å². The monoisotopic (exact) mass is 604 g/mol. The summed E-state index contributed by atoms with van der Waals surface area (Å²) in [5.74, 6) is -2.10. The van der Waals surface area contributed by atoms with Crippen LogP contribution in [0.4, 0.5) is 13.2 Å². The molecule has 0 aliphatic carbocycles. The SMILES string of the molecule is O=C(N[C@@H](COCc1ccccc1)C(=O)O)C(=Cc1ccc(Oc2ccccc2)cc1)NC(=O)c1ccc(C(F)(F)F)cc1. The number of ether oxygens (including phenoxy) is 2. The largest absolute Gasteiger partial charge is 0.480 e. The number of carbonyl (C=O) groups is 3. The molecule has 3 N–H and O–H groups in total. The van der Waals surface area contributed by atoms with Gasteiger partial charge in [-0.2, -0.15) is 13.2 Å². The molecule has 0 aliphatic rings. The minimum Gasteiger partial charge on any atom is -0.480 e. The Morgan fingerprint density at radius 3 is 1.98 bits per heavy atom. The Balaban J connectivity index is 1.53. The highest BCUT2D eigenvalue weighted by atomic mass is 19.4. The molecule has 0 unspecified atom stereocenters. The summed E-state index contributed by atoms with van der Waals surface area (Å²) in [5, 5.41) is 14.4. The average molecular weight is 605 g/mol. The van der Waals surface area contributed by atoms with Crippen LogP contribution >= 0.6 is 0 Å². The van der Waals surface area contributed by atoms with E-state index < -0.39 is 35.6 Å². The normalized spacial score (nSPS) is 12.2. The van der Waals surface area contributed by atoms with Crippen molar-refractivity contribution in [2.24, 2.45) is 0 Å². The number of alkyl halides is 3. The number of rotatable bonds is 12. The van der Waals surface area contributed by atoms with Gasteiger partial charge in [0.2, 0.25) is 0 Å². The van der Waals surface area contributed by atoms with Gasteiger partial charge in [0.15, 0.2) is 6.04 Å². The van der Waals surface area contributed by atoms with Crippen LogP contribution in [0.3, 0.4) is 0 Å². The Bertz CT molecular complexity index is 1590. The molecule has 44 heavy (non-hydrogen) atoms. The van der Waals surface area contributed by atoms with E-state index in [9.17, 15) is 32.7 Å². The standard InChI is InChI=1S/C33H27F3N2O6/c34-33(35,36)25-15-13-24(14-16-25)30(39)37-28(19-22-11-17-27(18-12-22)44-26-9-5-2-6-10-26)31(40)38-29(32(41)42)21-43-20-23-7-3-1-4-8-23/h1-19,29H,20-21H2,(H,37,39)(H,38,40)(H,41,42)/t29-/m0/s1. The first-order valence-corrected chi connectivity index (χ1v) is 13.3.